The van der Waals surface area contributed by atoms with E-state index in [0.717, 1.165) is 22.7 Å². The molecule has 3 nitrogen and oxygen atoms in total. The van der Waals surface area contributed by atoms with Crippen molar-refractivity contribution in [2.45, 2.75) is 19.5 Å². The lowest BCUT2D eigenvalue weighted by Crippen LogP contribution is -2.37. The van der Waals surface area contributed by atoms with Crippen LogP contribution in [0.4, 0.5) is 0 Å². The van der Waals surface area contributed by atoms with Crippen LogP contribution >= 0.6 is 0 Å². The SMILES string of the molecule is CC1=NC(C)(c2cccc(-c3ccccc3)n2)NC=C1. The van der Waals surface area contributed by atoms with E-state index in [1.165, 1.54) is 0 Å². The summed E-state index contributed by atoms with van der Waals surface area (Å²) >= 11 is 0. The van der Waals surface area contributed by atoms with Gasteiger partial charge >= 0.3 is 0 Å². The fraction of sp³-hybridized carbons (Fsp3) is 0.176. The number of aliphatic imine (C=N–C) groups is 1. The minimum absolute atomic E-state index is 0.496. The lowest BCUT2D eigenvalue weighted by Gasteiger charge is -2.28. The Hall–Kier alpha value is -2.42. The summed E-state index contributed by atoms with van der Waals surface area (Å²) in [6.07, 6.45) is 3.89. The smallest absolute Gasteiger partial charge is 0.169 e. The number of pyridine rings is 1. The first-order chi connectivity index (χ1) is 9.67. The van der Waals surface area contributed by atoms with Gasteiger partial charge in [0.1, 0.15) is 0 Å². The maximum absolute atomic E-state index is 4.77. The number of aromatic nitrogens is 1. The molecule has 0 saturated carbocycles. The molecule has 1 aromatic heterocycles. The van der Waals surface area contributed by atoms with E-state index >= 15 is 0 Å². The van der Waals surface area contributed by atoms with Crippen molar-refractivity contribution in [3.8, 4) is 11.3 Å². The second kappa shape index (κ2) is 4.93. The Balaban J connectivity index is 2.02. The minimum atomic E-state index is -0.496. The summed E-state index contributed by atoms with van der Waals surface area (Å²) < 4.78 is 0. The van der Waals surface area contributed by atoms with Gasteiger partial charge < -0.3 is 5.32 Å². The highest BCUT2D eigenvalue weighted by atomic mass is 15.2. The maximum atomic E-state index is 4.77. The van der Waals surface area contributed by atoms with Crippen LogP contribution in [0.5, 0.6) is 0 Å². The van der Waals surface area contributed by atoms with Crippen LogP contribution in [0.2, 0.25) is 0 Å². The molecule has 100 valence electrons. The maximum Gasteiger partial charge on any atom is 0.169 e. The van der Waals surface area contributed by atoms with Gasteiger partial charge in [0.05, 0.1) is 11.4 Å². The zero-order chi connectivity index (χ0) is 14.0. The van der Waals surface area contributed by atoms with Crippen molar-refractivity contribution in [2.24, 2.45) is 4.99 Å². The van der Waals surface area contributed by atoms with E-state index in [1.807, 2.05) is 62.5 Å². The van der Waals surface area contributed by atoms with E-state index < -0.39 is 5.66 Å². The molecule has 1 atom stereocenters. The molecule has 1 aromatic carbocycles. The number of nitrogens with zero attached hydrogens (tertiary/aromatic N) is 2. The molecular formula is C17H17N3. The topological polar surface area (TPSA) is 37.3 Å². The van der Waals surface area contributed by atoms with Crippen LogP contribution in [0.3, 0.4) is 0 Å². The molecule has 0 amide bonds. The highest BCUT2D eigenvalue weighted by Gasteiger charge is 2.27. The second-order valence-corrected chi connectivity index (χ2v) is 5.08. The van der Waals surface area contributed by atoms with Crippen LogP contribution in [0.1, 0.15) is 19.5 Å². The lowest BCUT2D eigenvalue weighted by atomic mass is 10.0. The number of nitrogens with one attached hydrogen (secondary N) is 1. The number of hydrogen-bond acceptors (Lipinski definition) is 3. The van der Waals surface area contributed by atoms with Crippen molar-refractivity contribution in [3.63, 3.8) is 0 Å². The first kappa shape index (κ1) is 12.6. The molecule has 0 aliphatic carbocycles. The molecule has 20 heavy (non-hydrogen) atoms. The summed E-state index contributed by atoms with van der Waals surface area (Å²) in [6.45, 7) is 4.04. The summed E-state index contributed by atoms with van der Waals surface area (Å²) in [5.41, 5.74) is 3.50. The van der Waals surface area contributed by atoms with Gasteiger partial charge in [-0.15, -0.1) is 0 Å². The van der Waals surface area contributed by atoms with Gasteiger partial charge in [-0.25, -0.2) is 4.98 Å². The Morgan fingerprint density at radius 2 is 1.80 bits per heavy atom. The summed E-state index contributed by atoms with van der Waals surface area (Å²) in [4.78, 5) is 9.44. The third-order valence-electron chi connectivity index (χ3n) is 3.41. The van der Waals surface area contributed by atoms with Crippen molar-refractivity contribution in [1.29, 1.82) is 0 Å². The molecule has 1 unspecified atom stereocenters. The van der Waals surface area contributed by atoms with E-state index in [0.29, 0.717) is 0 Å². The zero-order valence-electron chi connectivity index (χ0n) is 11.7. The molecule has 3 rings (SSSR count). The van der Waals surface area contributed by atoms with Gasteiger partial charge in [-0.1, -0.05) is 36.4 Å². The Morgan fingerprint density at radius 3 is 2.55 bits per heavy atom. The standard InChI is InChI=1S/C17H17N3/c1-13-11-12-18-17(2,20-13)16-10-6-9-15(19-16)14-7-4-3-5-8-14/h3-12,18H,1-2H3. The average molecular weight is 263 g/mol. The van der Waals surface area contributed by atoms with Crippen LogP contribution < -0.4 is 5.32 Å². The van der Waals surface area contributed by atoms with Crippen LogP contribution in [-0.4, -0.2) is 10.7 Å². The zero-order valence-corrected chi connectivity index (χ0v) is 11.7. The fourth-order valence-electron chi connectivity index (χ4n) is 2.35. The monoisotopic (exact) mass is 263 g/mol. The first-order valence-electron chi connectivity index (χ1n) is 6.71. The van der Waals surface area contributed by atoms with Crippen molar-refractivity contribution < 1.29 is 0 Å². The van der Waals surface area contributed by atoms with Crippen molar-refractivity contribution >= 4 is 5.71 Å². The molecular weight excluding hydrogens is 246 g/mol. The van der Waals surface area contributed by atoms with Gasteiger partial charge in [-0.3, -0.25) is 4.99 Å². The quantitative estimate of drug-likeness (QED) is 0.900. The molecule has 2 aromatic rings. The molecule has 1 aliphatic rings. The van der Waals surface area contributed by atoms with Gasteiger partial charge in [0.2, 0.25) is 0 Å². The second-order valence-electron chi connectivity index (χ2n) is 5.08. The Morgan fingerprint density at radius 1 is 1.00 bits per heavy atom. The molecule has 0 radical (unpaired) electrons. The molecule has 1 aliphatic heterocycles. The van der Waals surface area contributed by atoms with Gasteiger partial charge in [0.15, 0.2) is 5.66 Å². The number of rotatable bonds is 2. The van der Waals surface area contributed by atoms with Crippen LogP contribution in [0.25, 0.3) is 11.3 Å². The van der Waals surface area contributed by atoms with Crippen LogP contribution in [0, 0.1) is 0 Å². The Bertz CT molecular complexity index is 674. The summed E-state index contributed by atoms with van der Waals surface area (Å²) in [6, 6.07) is 16.3. The number of hydrogen-bond donors (Lipinski definition) is 1. The average Bonchev–Trinajstić information content (AvgIpc) is 2.48. The first-order valence-corrected chi connectivity index (χ1v) is 6.71. The molecule has 0 saturated heterocycles. The van der Waals surface area contributed by atoms with E-state index in [9.17, 15) is 0 Å². The van der Waals surface area contributed by atoms with Gasteiger partial charge in [0, 0.05) is 17.5 Å². The molecule has 2 heterocycles. The van der Waals surface area contributed by atoms with E-state index in [1.54, 1.807) is 0 Å². The fourth-order valence-corrected chi connectivity index (χ4v) is 2.35. The van der Waals surface area contributed by atoms with Crippen LogP contribution in [-0.2, 0) is 5.66 Å². The van der Waals surface area contributed by atoms with Crippen molar-refractivity contribution in [1.82, 2.24) is 10.3 Å². The summed E-state index contributed by atoms with van der Waals surface area (Å²) in [5, 5.41) is 3.29. The van der Waals surface area contributed by atoms with E-state index in [-0.39, 0.29) is 0 Å². The van der Waals surface area contributed by atoms with Crippen LogP contribution in [0.15, 0.2) is 65.8 Å². The van der Waals surface area contributed by atoms with Gasteiger partial charge in [-0.05, 0) is 32.1 Å². The number of allylic oxidation sites excluding steroid dienone is 1. The Kier molecular flexibility index (Phi) is 3.11. The van der Waals surface area contributed by atoms with Gasteiger partial charge in [0.25, 0.3) is 0 Å². The predicted molar refractivity (Wildman–Crippen MR) is 82.4 cm³/mol. The third kappa shape index (κ3) is 2.35. The van der Waals surface area contributed by atoms with Crippen molar-refractivity contribution in [2.75, 3.05) is 0 Å². The minimum Gasteiger partial charge on any atom is -0.363 e. The molecule has 1 N–H and O–H groups in total. The van der Waals surface area contributed by atoms with Gasteiger partial charge in [-0.2, -0.15) is 0 Å². The van der Waals surface area contributed by atoms with E-state index in [4.69, 9.17) is 4.98 Å². The lowest BCUT2D eigenvalue weighted by molar-refractivity contribution is 0.424. The van der Waals surface area contributed by atoms with E-state index in [2.05, 4.69) is 22.4 Å². The predicted octanol–water partition coefficient (Wildman–Crippen LogP) is 3.50. The Labute approximate surface area is 119 Å². The highest BCUT2D eigenvalue weighted by molar-refractivity contribution is 5.93. The summed E-state index contributed by atoms with van der Waals surface area (Å²) in [7, 11) is 0. The molecule has 0 fully saturated rings. The molecule has 0 bridgehead atoms. The summed E-state index contributed by atoms with van der Waals surface area (Å²) in [5.74, 6) is 0. The normalized spacial score (nSPS) is 21.2. The third-order valence-corrected chi connectivity index (χ3v) is 3.41. The highest BCUT2D eigenvalue weighted by Crippen LogP contribution is 2.26. The largest absolute Gasteiger partial charge is 0.363 e. The van der Waals surface area contributed by atoms with Crippen molar-refractivity contribution in [3.05, 3.63) is 66.5 Å². The molecule has 0 spiro atoms. The number of benzene rings is 1. The molecule has 3 heteroatoms.